The molecule has 7 nitrogen and oxygen atoms in total. The van der Waals surface area contributed by atoms with Crippen LogP contribution in [-0.4, -0.2) is 41.5 Å². The van der Waals surface area contributed by atoms with Crippen molar-refractivity contribution in [2.45, 2.75) is 59.2 Å². The van der Waals surface area contributed by atoms with E-state index in [1.165, 1.54) is 4.90 Å². The number of likely N-dealkylation sites (N-methyl/N-ethyl adjacent to an activating group) is 1. The fraction of sp³-hybridized carbons (Fsp3) is 0.345. The number of fused-ring (bicyclic) bond motifs is 1. The van der Waals surface area contributed by atoms with Crippen molar-refractivity contribution >= 4 is 34.4 Å². The molecule has 190 valence electrons. The molecule has 0 fully saturated rings. The molecule has 3 rings (SSSR count). The number of nitrogens with one attached hydrogen (secondary N) is 2. The van der Waals surface area contributed by atoms with Crippen molar-refractivity contribution in [1.29, 1.82) is 0 Å². The van der Waals surface area contributed by atoms with Crippen LogP contribution in [-0.2, 0) is 14.3 Å². The summed E-state index contributed by atoms with van der Waals surface area (Å²) in [4.78, 5) is 40.6. The van der Waals surface area contributed by atoms with Crippen molar-refractivity contribution in [3.8, 4) is 0 Å². The van der Waals surface area contributed by atoms with Gasteiger partial charge in [0.05, 0.1) is 0 Å². The van der Waals surface area contributed by atoms with Gasteiger partial charge >= 0.3 is 6.09 Å². The average molecular weight is 490 g/mol. The number of alkyl carbamates (subject to hydrolysis) is 1. The van der Waals surface area contributed by atoms with E-state index >= 15 is 0 Å². The molecule has 0 aliphatic rings. The van der Waals surface area contributed by atoms with Crippen molar-refractivity contribution in [3.05, 3.63) is 77.4 Å². The van der Waals surface area contributed by atoms with E-state index in [0.717, 1.165) is 21.9 Å². The topological polar surface area (TPSA) is 87.7 Å². The summed E-state index contributed by atoms with van der Waals surface area (Å²) in [5, 5.41) is 7.61. The van der Waals surface area contributed by atoms with Gasteiger partial charge in [-0.1, -0.05) is 59.7 Å². The van der Waals surface area contributed by atoms with Gasteiger partial charge in [-0.3, -0.25) is 9.59 Å². The molecule has 0 aromatic heterocycles. The van der Waals surface area contributed by atoms with E-state index < -0.39 is 29.7 Å². The summed E-state index contributed by atoms with van der Waals surface area (Å²) in [6, 6.07) is 17.6. The lowest BCUT2D eigenvalue weighted by Crippen LogP contribution is -2.49. The van der Waals surface area contributed by atoms with Crippen LogP contribution in [0.2, 0.25) is 0 Å². The van der Waals surface area contributed by atoms with E-state index in [1.807, 2.05) is 74.5 Å². The van der Waals surface area contributed by atoms with Gasteiger partial charge in [0.25, 0.3) is 5.91 Å². The second kappa shape index (κ2) is 10.8. The van der Waals surface area contributed by atoms with Crippen LogP contribution >= 0.6 is 0 Å². The molecule has 2 unspecified atom stereocenters. The maximum atomic E-state index is 13.6. The molecule has 0 saturated carbocycles. The van der Waals surface area contributed by atoms with E-state index in [2.05, 4.69) is 10.6 Å². The second-order valence-corrected chi connectivity index (χ2v) is 10.2. The Hall–Kier alpha value is -3.87. The third-order valence-electron chi connectivity index (χ3n) is 5.66. The lowest BCUT2D eigenvalue weighted by atomic mass is 9.99. The Kier molecular flexibility index (Phi) is 8.03. The maximum Gasteiger partial charge on any atom is 0.408 e. The van der Waals surface area contributed by atoms with Gasteiger partial charge in [-0.15, -0.1) is 0 Å². The van der Waals surface area contributed by atoms with Gasteiger partial charge in [0.2, 0.25) is 5.91 Å². The normalized spacial score (nSPS) is 13.0. The standard InChI is InChI=1S/C29H35N3O4/c1-18-14-19(2)16-23(15-18)25(32(7)27(34)20(3)30-28(35)36-29(4,5)6)26(33)31-24-13-12-21-10-8-9-11-22(21)17-24/h8-17,20,25H,1-7H3,(H,30,35)(H,31,33). The lowest BCUT2D eigenvalue weighted by Gasteiger charge is -2.31. The van der Waals surface area contributed by atoms with Crippen LogP contribution in [0, 0.1) is 13.8 Å². The van der Waals surface area contributed by atoms with Crippen LogP contribution in [0.5, 0.6) is 0 Å². The monoisotopic (exact) mass is 489 g/mol. The first kappa shape index (κ1) is 26.7. The molecule has 0 radical (unpaired) electrons. The molecule has 0 spiro atoms. The third kappa shape index (κ3) is 6.84. The Morgan fingerprint density at radius 1 is 0.889 bits per heavy atom. The molecule has 0 aliphatic heterocycles. The number of amides is 3. The fourth-order valence-corrected chi connectivity index (χ4v) is 4.18. The number of aryl methyl sites for hydroxylation is 2. The van der Waals surface area contributed by atoms with E-state index in [9.17, 15) is 14.4 Å². The van der Waals surface area contributed by atoms with Gasteiger partial charge in [0.1, 0.15) is 17.7 Å². The number of hydrogen-bond donors (Lipinski definition) is 2. The van der Waals surface area contributed by atoms with Crippen LogP contribution in [0.3, 0.4) is 0 Å². The first-order valence-corrected chi connectivity index (χ1v) is 12.0. The second-order valence-electron chi connectivity index (χ2n) is 10.2. The number of rotatable bonds is 6. The van der Waals surface area contributed by atoms with Crippen molar-refractivity contribution in [2.24, 2.45) is 0 Å². The number of ether oxygens (including phenoxy) is 1. The Morgan fingerprint density at radius 2 is 1.50 bits per heavy atom. The SMILES string of the molecule is Cc1cc(C)cc(C(C(=O)Nc2ccc3ccccc3c2)N(C)C(=O)C(C)NC(=O)OC(C)(C)C)c1. The van der Waals surface area contributed by atoms with E-state index in [-0.39, 0.29) is 5.91 Å². The molecule has 0 aliphatic carbocycles. The fourth-order valence-electron chi connectivity index (χ4n) is 4.18. The quantitative estimate of drug-likeness (QED) is 0.478. The van der Waals surface area contributed by atoms with E-state index in [4.69, 9.17) is 4.74 Å². The zero-order valence-electron chi connectivity index (χ0n) is 22.0. The van der Waals surface area contributed by atoms with Crippen LogP contribution in [0.15, 0.2) is 60.7 Å². The minimum absolute atomic E-state index is 0.351. The van der Waals surface area contributed by atoms with Crippen LogP contribution < -0.4 is 10.6 Å². The first-order chi connectivity index (χ1) is 16.8. The lowest BCUT2D eigenvalue weighted by molar-refractivity contribution is -0.138. The van der Waals surface area contributed by atoms with Crippen molar-refractivity contribution in [2.75, 3.05) is 12.4 Å². The number of anilines is 1. The Morgan fingerprint density at radius 3 is 2.11 bits per heavy atom. The van der Waals surface area contributed by atoms with Gasteiger partial charge in [-0.2, -0.15) is 0 Å². The Balaban J connectivity index is 1.89. The highest BCUT2D eigenvalue weighted by molar-refractivity contribution is 6.00. The zero-order valence-corrected chi connectivity index (χ0v) is 22.0. The van der Waals surface area contributed by atoms with Crippen molar-refractivity contribution < 1.29 is 19.1 Å². The van der Waals surface area contributed by atoms with Crippen molar-refractivity contribution in [1.82, 2.24) is 10.2 Å². The summed E-state index contributed by atoms with van der Waals surface area (Å²) in [6.45, 7) is 10.7. The molecular formula is C29H35N3O4. The highest BCUT2D eigenvalue weighted by Gasteiger charge is 2.32. The Labute approximate surface area is 212 Å². The third-order valence-corrected chi connectivity index (χ3v) is 5.66. The van der Waals surface area contributed by atoms with Crippen LogP contribution in [0.4, 0.5) is 10.5 Å². The van der Waals surface area contributed by atoms with Gasteiger partial charge < -0.3 is 20.3 Å². The molecule has 2 atom stereocenters. The first-order valence-electron chi connectivity index (χ1n) is 12.0. The predicted octanol–water partition coefficient (Wildman–Crippen LogP) is 5.51. The van der Waals surface area contributed by atoms with Crippen molar-refractivity contribution in [3.63, 3.8) is 0 Å². The minimum atomic E-state index is -0.912. The maximum absolute atomic E-state index is 13.6. The molecule has 7 heteroatoms. The molecule has 0 heterocycles. The molecule has 3 amide bonds. The predicted molar refractivity (Wildman–Crippen MR) is 143 cm³/mol. The highest BCUT2D eigenvalue weighted by Crippen LogP contribution is 2.26. The molecule has 3 aromatic rings. The molecule has 0 bridgehead atoms. The summed E-state index contributed by atoms with van der Waals surface area (Å²) in [7, 11) is 1.57. The summed E-state index contributed by atoms with van der Waals surface area (Å²) in [5.74, 6) is -0.769. The Bertz CT molecular complexity index is 1260. The van der Waals surface area contributed by atoms with Crippen LogP contribution in [0.25, 0.3) is 10.8 Å². The molecular weight excluding hydrogens is 454 g/mol. The highest BCUT2D eigenvalue weighted by atomic mass is 16.6. The molecule has 0 saturated heterocycles. The van der Waals surface area contributed by atoms with Gasteiger partial charge in [-0.05, 0) is 70.0 Å². The van der Waals surface area contributed by atoms with E-state index in [0.29, 0.717) is 11.3 Å². The number of carbonyl (C=O) groups excluding carboxylic acids is 3. The van der Waals surface area contributed by atoms with E-state index in [1.54, 1.807) is 34.7 Å². The minimum Gasteiger partial charge on any atom is -0.444 e. The average Bonchev–Trinajstić information content (AvgIpc) is 2.76. The molecule has 36 heavy (non-hydrogen) atoms. The smallest absolute Gasteiger partial charge is 0.408 e. The number of carbonyl (C=O) groups is 3. The number of benzene rings is 3. The van der Waals surface area contributed by atoms with Gasteiger partial charge in [0.15, 0.2) is 0 Å². The summed E-state index contributed by atoms with van der Waals surface area (Å²) in [6.07, 6.45) is -0.694. The molecule has 3 aromatic carbocycles. The number of hydrogen-bond acceptors (Lipinski definition) is 4. The van der Waals surface area contributed by atoms with Gasteiger partial charge in [0, 0.05) is 12.7 Å². The largest absolute Gasteiger partial charge is 0.444 e. The summed E-state index contributed by atoms with van der Waals surface area (Å²) in [5.41, 5.74) is 2.59. The summed E-state index contributed by atoms with van der Waals surface area (Å²) >= 11 is 0. The van der Waals surface area contributed by atoms with Crippen LogP contribution in [0.1, 0.15) is 50.4 Å². The zero-order chi connectivity index (χ0) is 26.6. The van der Waals surface area contributed by atoms with Gasteiger partial charge in [-0.25, -0.2) is 4.79 Å². The number of nitrogens with zero attached hydrogens (tertiary/aromatic N) is 1. The molecule has 2 N–H and O–H groups in total. The summed E-state index contributed by atoms with van der Waals surface area (Å²) < 4.78 is 5.28.